The van der Waals surface area contributed by atoms with Gasteiger partial charge in [-0.15, -0.1) is 0 Å². The zero-order valence-electron chi connectivity index (χ0n) is 29.1. The smallest absolute Gasteiger partial charge is 0.416 e. The fourth-order valence-corrected chi connectivity index (χ4v) is 8.93. The summed E-state index contributed by atoms with van der Waals surface area (Å²) in [6.07, 6.45) is -20.0. The third-order valence-corrected chi connectivity index (χ3v) is 11.7. The number of alkyl halides is 9. The van der Waals surface area contributed by atoms with Crippen molar-refractivity contribution in [2.24, 2.45) is 28.6 Å². The van der Waals surface area contributed by atoms with Crippen molar-refractivity contribution >= 4 is 22.6 Å². The monoisotopic (exact) mass is 713 g/mol. The second-order valence-electron chi connectivity index (χ2n) is 14.1. The number of rotatable bonds is 3. The highest BCUT2D eigenvalue weighted by atomic mass is 19.4. The van der Waals surface area contributed by atoms with Crippen LogP contribution in [-0.4, -0.2) is 44.8 Å². The number of aryl methyl sites for hydroxylation is 2. The second kappa shape index (κ2) is 11.7. The maximum absolute atomic E-state index is 14.9. The van der Waals surface area contributed by atoms with E-state index in [9.17, 15) is 39.5 Å². The van der Waals surface area contributed by atoms with Gasteiger partial charge in [-0.3, -0.25) is 0 Å². The summed E-state index contributed by atoms with van der Waals surface area (Å²) in [6, 6.07) is 8.62. The normalized spacial score (nSPS) is 27.7. The van der Waals surface area contributed by atoms with Crippen LogP contribution in [0.2, 0.25) is 0 Å². The molecule has 0 aromatic heterocycles. The van der Waals surface area contributed by atoms with Crippen LogP contribution >= 0.6 is 0 Å². The molecule has 1 saturated carbocycles. The van der Waals surface area contributed by atoms with Crippen LogP contribution < -0.4 is 15.3 Å². The van der Waals surface area contributed by atoms with E-state index in [-0.39, 0.29) is 28.9 Å². The predicted molar refractivity (Wildman–Crippen MR) is 175 cm³/mol. The summed E-state index contributed by atoms with van der Waals surface area (Å²) in [5.74, 6) is -2.56. The Morgan fingerprint density at radius 1 is 0.860 bits per heavy atom. The van der Waals surface area contributed by atoms with Crippen LogP contribution in [0.1, 0.15) is 44.4 Å². The molecule has 5 rings (SSSR count). The number of hydrogen-bond donors (Lipinski definition) is 0. The molecule has 1 fully saturated rings. The average Bonchev–Trinajstić information content (AvgIpc) is 3.49. The van der Waals surface area contributed by atoms with Crippen LogP contribution in [-0.2, 0) is 9.47 Å². The van der Waals surface area contributed by atoms with Gasteiger partial charge < -0.3 is 14.4 Å². The Bertz CT molecular complexity index is 1880. The van der Waals surface area contributed by atoms with Crippen molar-refractivity contribution in [2.45, 2.75) is 65.6 Å². The fourth-order valence-electron chi connectivity index (χ4n) is 8.93. The quantitative estimate of drug-likeness (QED) is 0.296. The fraction of sp³-hybridized carbons (Fsp3) is 0.474. The lowest BCUT2D eigenvalue weighted by Crippen LogP contribution is -2.61. The first-order valence-electron chi connectivity index (χ1n) is 16.0. The number of methoxy groups -OCH3 is 1. The number of hydrogen-bond acceptors (Lipinski definition) is 3. The van der Waals surface area contributed by atoms with Crippen molar-refractivity contribution < 1.29 is 49.0 Å². The second-order valence-corrected chi connectivity index (χ2v) is 14.1. The maximum atomic E-state index is 14.9. The number of fused-ring (bicyclic) bond motifs is 6. The summed E-state index contributed by atoms with van der Waals surface area (Å²) in [5.41, 5.74) is -6.94. The first-order chi connectivity index (χ1) is 22.8. The zero-order valence-corrected chi connectivity index (χ0v) is 29.1. The number of halogens is 9. The SMILES string of the molecule is C=C1OC(=C)C(C)C2=CC(C(C(F)(F)F)(C(F)(F)F)C(F)(F)F)=c3ccccc3=C(C2C)C2(C)C(COC)C2(C)N(C)c2cc(C)cc(C)c21. The molecule has 50 heavy (non-hydrogen) atoms. The lowest BCUT2D eigenvalue weighted by molar-refractivity contribution is -0.401. The molecule has 3 aliphatic rings. The number of benzene rings is 2. The van der Waals surface area contributed by atoms with Gasteiger partial charge in [0.15, 0.2) is 0 Å². The molecule has 0 saturated heterocycles. The Hall–Kier alpha value is -3.67. The molecule has 0 spiro atoms. The molecule has 2 aromatic rings. The highest BCUT2D eigenvalue weighted by Crippen LogP contribution is 2.72. The van der Waals surface area contributed by atoms with Gasteiger partial charge in [-0.05, 0) is 59.5 Å². The van der Waals surface area contributed by atoms with Crippen LogP contribution in [0, 0.1) is 42.4 Å². The molecule has 0 amide bonds. The summed E-state index contributed by atoms with van der Waals surface area (Å²) >= 11 is 0. The average molecular weight is 714 g/mol. The van der Waals surface area contributed by atoms with E-state index in [4.69, 9.17) is 9.47 Å². The molecule has 5 unspecified atom stereocenters. The summed E-state index contributed by atoms with van der Waals surface area (Å²) in [4.78, 5) is 1.99. The highest BCUT2D eigenvalue weighted by Gasteiger charge is 2.85. The summed E-state index contributed by atoms with van der Waals surface area (Å²) in [7, 11) is 3.31. The Morgan fingerprint density at radius 2 is 1.40 bits per heavy atom. The van der Waals surface area contributed by atoms with Crippen molar-refractivity contribution in [3.8, 4) is 0 Å². The largest absolute Gasteiger partial charge is 0.462 e. The van der Waals surface area contributed by atoms with E-state index in [1.165, 1.54) is 26.2 Å². The van der Waals surface area contributed by atoms with E-state index in [0.717, 1.165) is 23.3 Å². The molecule has 272 valence electrons. The van der Waals surface area contributed by atoms with Crippen LogP contribution in [0.4, 0.5) is 45.2 Å². The predicted octanol–water partition coefficient (Wildman–Crippen LogP) is 9.18. The Balaban J connectivity index is 2.08. The topological polar surface area (TPSA) is 21.7 Å². The zero-order chi connectivity index (χ0) is 37.7. The molecule has 0 N–H and O–H groups in total. The van der Waals surface area contributed by atoms with E-state index in [0.29, 0.717) is 22.9 Å². The molecule has 12 heteroatoms. The van der Waals surface area contributed by atoms with Gasteiger partial charge in [-0.25, -0.2) is 0 Å². The standard InChI is InChI=1S/C38H40F9NO2/c1-19-15-20(2)31-24(6)50-23(5)21(3)27-17-28(35(36(39,40)41,37(42,43)44)38(45,46)47)25-13-11-12-14-26(25)32(22(27)4)33(7)30(18-49-10)34(33,8)48(9)29(31)16-19/h11-17,21-22,30H,5-6,18H2,1-4,7-10H3. The summed E-state index contributed by atoms with van der Waals surface area (Å²) in [5, 5.41) is -0.944. The third-order valence-electron chi connectivity index (χ3n) is 11.7. The van der Waals surface area contributed by atoms with Crippen molar-refractivity contribution in [3.63, 3.8) is 0 Å². The van der Waals surface area contributed by atoms with Crippen LogP contribution in [0.5, 0.6) is 0 Å². The first kappa shape index (κ1) is 37.6. The maximum Gasteiger partial charge on any atom is 0.416 e. The van der Waals surface area contributed by atoms with Crippen LogP contribution in [0.25, 0.3) is 16.9 Å². The molecule has 0 radical (unpaired) electrons. The van der Waals surface area contributed by atoms with Gasteiger partial charge >= 0.3 is 18.5 Å². The molecule has 1 heterocycles. The number of anilines is 1. The van der Waals surface area contributed by atoms with Crippen molar-refractivity contribution in [1.29, 1.82) is 0 Å². The van der Waals surface area contributed by atoms with Crippen LogP contribution in [0.15, 0.2) is 67.0 Å². The number of nitrogens with zero attached hydrogens (tertiary/aromatic N) is 1. The Morgan fingerprint density at radius 3 is 1.92 bits per heavy atom. The highest BCUT2D eigenvalue weighted by molar-refractivity contribution is 5.81. The van der Waals surface area contributed by atoms with E-state index < -0.39 is 63.4 Å². The number of allylic oxidation sites excluding steroid dienone is 2. The number of ether oxygens (including phenoxy) is 2. The van der Waals surface area contributed by atoms with Gasteiger partial charge in [0.2, 0.25) is 0 Å². The van der Waals surface area contributed by atoms with Crippen LogP contribution in [0.3, 0.4) is 0 Å². The third kappa shape index (κ3) is 4.90. The van der Waals surface area contributed by atoms with Gasteiger partial charge in [-0.2, -0.15) is 39.5 Å². The Labute approximate surface area is 285 Å². The molecular formula is C38H40F9NO2. The summed E-state index contributed by atoms with van der Waals surface area (Å²) in [6.45, 7) is 18.8. The molecule has 2 bridgehead atoms. The van der Waals surface area contributed by atoms with Gasteiger partial charge in [0.25, 0.3) is 5.41 Å². The first-order valence-corrected chi connectivity index (χ1v) is 16.0. The molecule has 3 nitrogen and oxygen atoms in total. The van der Waals surface area contributed by atoms with Gasteiger partial charge in [-0.1, -0.05) is 75.9 Å². The minimum absolute atomic E-state index is 0.110. The molecule has 5 atom stereocenters. The van der Waals surface area contributed by atoms with E-state index >= 15 is 0 Å². The summed E-state index contributed by atoms with van der Waals surface area (Å²) < 4.78 is 146. The molecule has 2 aliphatic carbocycles. The molecular weight excluding hydrogens is 673 g/mol. The minimum Gasteiger partial charge on any atom is -0.462 e. The lowest BCUT2D eigenvalue weighted by Gasteiger charge is -2.40. The van der Waals surface area contributed by atoms with E-state index in [1.54, 1.807) is 6.92 Å². The minimum atomic E-state index is -6.83. The van der Waals surface area contributed by atoms with Crippen molar-refractivity contribution in [1.82, 2.24) is 0 Å². The molecule has 2 aromatic carbocycles. The van der Waals surface area contributed by atoms with E-state index in [2.05, 4.69) is 13.2 Å². The molecule has 1 aliphatic heterocycles. The van der Waals surface area contributed by atoms with Crippen molar-refractivity contribution in [3.05, 3.63) is 94.1 Å². The van der Waals surface area contributed by atoms with Crippen molar-refractivity contribution in [2.75, 3.05) is 25.7 Å². The van der Waals surface area contributed by atoms with Gasteiger partial charge in [0.05, 0.1) is 12.1 Å². The lowest BCUT2D eigenvalue weighted by atomic mass is 9.73. The van der Waals surface area contributed by atoms with E-state index in [1.807, 2.05) is 51.8 Å². The van der Waals surface area contributed by atoms with Gasteiger partial charge in [0.1, 0.15) is 11.5 Å². The van der Waals surface area contributed by atoms with Gasteiger partial charge in [0, 0.05) is 48.6 Å². The Kier molecular flexibility index (Phi) is 8.78.